The van der Waals surface area contributed by atoms with Gasteiger partial charge in [-0.1, -0.05) is 25.3 Å². The van der Waals surface area contributed by atoms with Crippen LogP contribution in [-0.2, 0) is 34.1 Å². The summed E-state index contributed by atoms with van der Waals surface area (Å²) in [6.45, 7) is 0. The molecular formula is C10H10Cu2N2O2S2. The van der Waals surface area contributed by atoms with E-state index in [1.165, 1.54) is 12.4 Å². The van der Waals surface area contributed by atoms with E-state index >= 15 is 0 Å². The van der Waals surface area contributed by atoms with Crippen molar-refractivity contribution in [2.24, 2.45) is 0 Å². The van der Waals surface area contributed by atoms with Crippen LogP contribution in [0.1, 0.15) is 0 Å². The molecule has 2 heterocycles. The van der Waals surface area contributed by atoms with Crippen molar-refractivity contribution < 1.29 is 43.6 Å². The number of aromatic nitrogens is 2. The molecule has 2 radical (unpaired) electrons. The molecule has 0 saturated carbocycles. The zero-order valence-corrected chi connectivity index (χ0v) is 12.5. The molecule has 0 fully saturated rings. The SMILES string of the molecule is [Cu].[Cu].[O-][n+]1ccccc1S.[O-][n+]1ccccc1S. The Kier molecular flexibility index (Phi) is 11.7. The van der Waals surface area contributed by atoms with E-state index in [0.717, 1.165) is 0 Å². The first kappa shape index (κ1) is 20.0. The number of hydrogen-bond donors (Lipinski definition) is 2. The maximum Gasteiger partial charge on any atom is 0.248 e. The third-order valence-electron chi connectivity index (χ3n) is 1.61. The summed E-state index contributed by atoms with van der Waals surface area (Å²) in [4.78, 5) is 0. The first-order chi connectivity index (χ1) is 7.61. The second-order valence-electron chi connectivity index (χ2n) is 2.77. The van der Waals surface area contributed by atoms with Crippen LogP contribution in [0.2, 0.25) is 0 Å². The minimum absolute atomic E-state index is 0. The van der Waals surface area contributed by atoms with E-state index in [9.17, 15) is 10.4 Å². The maximum atomic E-state index is 10.5. The molecule has 0 N–H and O–H groups in total. The second kappa shape index (κ2) is 10.6. The molecule has 0 saturated heterocycles. The summed E-state index contributed by atoms with van der Waals surface area (Å²) in [5, 5.41) is 21.8. The van der Waals surface area contributed by atoms with Crippen molar-refractivity contribution in [3.8, 4) is 0 Å². The van der Waals surface area contributed by atoms with Gasteiger partial charge in [-0.2, -0.15) is 9.46 Å². The molecule has 2 rings (SSSR count). The van der Waals surface area contributed by atoms with Gasteiger partial charge in [-0.05, 0) is 12.1 Å². The Labute approximate surface area is 137 Å². The Hall–Kier alpha value is -0.361. The molecule has 0 aliphatic rings. The Balaban J connectivity index is 0. The summed E-state index contributed by atoms with van der Waals surface area (Å²) in [6, 6.07) is 10.1. The van der Waals surface area contributed by atoms with Crippen LogP contribution in [0.15, 0.2) is 58.8 Å². The Morgan fingerprint density at radius 1 is 0.722 bits per heavy atom. The van der Waals surface area contributed by atoms with Crippen LogP contribution in [0, 0.1) is 10.4 Å². The van der Waals surface area contributed by atoms with Crippen LogP contribution in [-0.4, -0.2) is 0 Å². The molecule has 0 amide bonds. The summed E-state index contributed by atoms with van der Waals surface area (Å²) in [5.41, 5.74) is 0. The van der Waals surface area contributed by atoms with Gasteiger partial charge in [0, 0.05) is 58.4 Å². The normalized spacial score (nSPS) is 8.11. The van der Waals surface area contributed by atoms with Crippen molar-refractivity contribution in [1.29, 1.82) is 0 Å². The van der Waals surface area contributed by atoms with Gasteiger partial charge in [0.05, 0.1) is 0 Å². The predicted molar refractivity (Wildman–Crippen MR) is 65.3 cm³/mol. The maximum absolute atomic E-state index is 10.5. The van der Waals surface area contributed by atoms with Gasteiger partial charge in [-0.25, -0.2) is 0 Å². The van der Waals surface area contributed by atoms with Gasteiger partial charge in [0.2, 0.25) is 10.1 Å². The third-order valence-corrected chi connectivity index (χ3v) is 2.30. The fourth-order valence-corrected chi connectivity index (χ4v) is 1.14. The molecule has 0 aliphatic heterocycles. The Morgan fingerprint density at radius 3 is 1.22 bits per heavy atom. The van der Waals surface area contributed by atoms with Crippen LogP contribution in [0.4, 0.5) is 0 Å². The van der Waals surface area contributed by atoms with Crippen LogP contribution in [0.25, 0.3) is 0 Å². The van der Waals surface area contributed by atoms with Crippen molar-refractivity contribution in [3.63, 3.8) is 0 Å². The number of pyridine rings is 2. The summed E-state index contributed by atoms with van der Waals surface area (Å²) >= 11 is 7.70. The Bertz CT molecular complexity index is 390. The van der Waals surface area contributed by atoms with Gasteiger partial charge in [-0.15, -0.1) is 0 Å². The quantitative estimate of drug-likeness (QED) is 0.312. The topological polar surface area (TPSA) is 53.9 Å². The van der Waals surface area contributed by atoms with Crippen LogP contribution >= 0.6 is 25.3 Å². The molecule has 2 aromatic rings. The standard InChI is InChI=1S/2C5H5NOS.2Cu/c2*7-6-4-2-1-3-5(6)8;;/h2*1-4,8H;;. The molecule has 0 aliphatic carbocycles. The summed E-state index contributed by atoms with van der Waals surface area (Å²) in [5.74, 6) is 0. The number of nitrogens with zero attached hydrogens (tertiary/aromatic N) is 2. The molecule has 8 heteroatoms. The molecule has 4 nitrogen and oxygen atoms in total. The monoisotopic (exact) mass is 380 g/mol. The molecule has 0 spiro atoms. The van der Waals surface area contributed by atoms with E-state index in [4.69, 9.17) is 0 Å². The van der Waals surface area contributed by atoms with Gasteiger partial charge in [0.15, 0.2) is 12.4 Å². The van der Waals surface area contributed by atoms with E-state index in [0.29, 0.717) is 19.5 Å². The van der Waals surface area contributed by atoms with E-state index in [-0.39, 0.29) is 34.1 Å². The minimum Gasteiger partial charge on any atom is -0.618 e. The molecular weight excluding hydrogens is 371 g/mol. The number of hydrogen-bond acceptors (Lipinski definition) is 4. The van der Waals surface area contributed by atoms with Gasteiger partial charge >= 0.3 is 0 Å². The summed E-state index contributed by atoms with van der Waals surface area (Å²) < 4.78 is 1.40. The third kappa shape index (κ3) is 7.16. The van der Waals surface area contributed by atoms with Crippen molar-refractivity contribution in [1.82, 2.24) is 0 Å². The minimum atomic E-state index is 0. The average molecular weight is 381 g/mol. The van der Waals surface area contributed by atoms with Crippen LogP contribution in [0.5, 0.6) is 0 Å². The molecule has 0 unspecified atom stereocenters. The molecule has 0 bridgehead atoms. The smallest absolute Gasteiger partial charge is 0.248 e. The molecule has 2 aromatic heterocycles. The summed E-state index contributed by atoms with van der Waals surface area (Å²) in [6.07, 6.45) is 2.81. The van der Waals surface area contributed by atoms with E-state index < -0.39 is 0 Å². The van der Waals surface area contributed by atoms with Crippen molar-refractivity contribution in [2.75, 3.05) is 0 Å². The van der Waals surface area contributed by atoms with Crippen LogP contribution in [0.3, 0.4) is 0 Å². The Morgan fingerprint density at radius 2 is 1.06 bits per heavy atom. The molecule has 18 heavy (non-hydrogen) atoms. The first-order valence-electron chi connectivity index (χ1n) is 4.35. The van der Waals surface area contributed by atoms with Gasteiger partial charge in [0.25, 0.3) is 0 Å². The average Bonchev–Trinajstić information content (AvgIpc) is 2.28. The zero-order chi connectivity index (χ0) is 12.0. The van der Waals surface area contributed by atoms with Gasteiger partial charge in [0.1, 0.15) is 0 Å². The molecule has 106 valence electrons. The largest absolute Gasteiger partial charge is 0.618 e. The first-order valence-corrected chi connectivity index (χ1v) is 5.25. The van der Waals surface area contributed by atoms with Crippen molar-refractivity contribution in [3.05, 3.63) is 59.2 Å². The predicted octanol–water partition coefficient (Wildman–Crippen LogP) is 1.21. The van der Waals surface area contributed by atoms with Crippen molar-refractivity contribution >= 4 is 25.3 Å². The number of thiol groups is 2. The fourth-order valence-electron chi connectivity index (χ4n) is 0.839. The zero-order valence-electron chi connectivity index (χ0n) is 8.83. The summed E-state index contributed by atoms with van der Waals surface area (Å²) in [7, 11) is 0. The van der Waals surface area contributed by atoms with E-state index in [1.807, 2.05) is 0 Å². The van der Waals surface area contributed by atoms with Crippen LogP contribution < -0.4 is 9.46 Å². The van der Waals surface area contributed by atoms with Gasteiger partial charge in [-0.3, -0.25) is 0 Å². The van der Waals surface area contributed by atoms with Gasteiger partial charge < -0.3 is 10.4 Å². The second-order valence-corrected chi connectivity index (χ2v) is 3.69. The van der Waals surface area contributed by atoms with E-state index in [2.05, 4.69) is 25.3 Å². The molecule has 0 aromatic carbocycles. The van der Waals surface area contributed by atoms with E-state index in [1.54, 1.807) is 36.4 Å². The molecule has 0 atom stereocenters. The fraction of sp³-hybridized carbons (Fsp3) is 0. The van der Waals surface area contributed by atoms with Crippen molar-refractivity contribution in [2.45, 2.75) is 10.1 Å². The number of rotatable bonds is 0.